The minimum Gasteiger partial charge on any atom is -0.489 e. The van der Waals surface area contributed by atoms with E-state index in [1.165, 1.54) is 0 Å². The van der Waals surface area contributed by atoms with Crippen LogP contribution < -0.4 is 4.74 Å². The van der Waals surface area contributed by atoms with E-state index >= 15 is 0 Å². The second kappa shape index (κ2) is 6.93. The number of aryl methyl sites for hydroxylation is 1. The number of benzene rings is 2. The standard InChI is InChI=1S/C18H20O3/c1-13(2)21-18(19)17-10-9-16(11-14(17)3)20-12-15-7-5-4-6-8-15/h4-11,13H,12H2,1-3H3. The van der Waals surface area contributed by atoms with Gasteiger partial charge in [-0.15, -0.1) is 0 Å². The second-order valence-electron chi connectivity index (χ2n) is 5.21. The van der Waals surface area contributed by atoms with Crippen LogP contribution >= 0.6 is 0 Å². The second-order valence-corrected chi connectivity index (χ2v) is 5.21. The van der Waals surface area contributed by atoms with Gasteiger partial charge in [0.1, 0.15) is 12.4 Å². The van der Waals surface area contributed by atoms with E-state index in [4.69, 9.17) is 9.47 Å². The molecule has 2 rings (SSSR count). The Hall–Kier alpha value is -2.29. The molecule has 21 heavy (non-hydrogen) atoms. The van der Waals surface area contributed by atoms with Gasteiger partial charge in [-0.2, -0.15) is 0 Å². The zero-order chi connectivity index (χ0) is 15.2. The summed E-state index contributed by atoms with van der Waals surface area (Å²) in [5, 5.41) is 0. The van der Waals surface area contributed by atoms with Crippen LogP contribution in [-0.2, 0) is 11.3 Å². The molecule has 0 atom stereocenters. The molecule has 0 unspecified atom stereocenters. The molecule has 0 bridgehead atoms. The summed E-state index contributed by atoms with van der Waals surface area (Å²) in [7, 11) is 0. The molecule has 0 aliphatic heterocycles. The van der Waals surface area contributed by atoms with Crippen molar-refractivity contribution < 1.29 is 14.3 Å². The zero-order valence-corrected chi connectivity index (χ0v) is 12.6. The van der Waals surface area contributed by atoms with Gasteiger partial charge in [-0.1, -0.05) is 30.3 Å². The van der Waals surface area contributed by atoms with Gasteiger partial charge in [0, 0.05) is 0 Å². The van der Waals surface area contributed by atoms with E-state index in [-0.39, 0.29) is 12.1 Å². The van der Waals surface area contributed by atoms with Crippen LogP contribution in [0.25, 0.3) is 0 Å². The molecule has 0 radical (unpaired) electrons. The van der Waals surface area contributed by atoms with Crippen molar-refractivity contribution in [3.63, 3.8) is 0 Å². The first-order valence-corrected chi connectivity index (χ1v) is 7.04. The Bertz CT molecular complexity index is 603. The summed E-state index contributed by atoms with van der Waals surface area (Å²) in [4.78, 5) is 11.9. The van der Waals surface area contributed by atoms with Crippen molar-refractivity contribution in [2.24, 2.45) is 0 Å². The molecule has 0 aromatic heterocycles. The largest absolute Gasteiger partial charge is 0.489 e. The third-order valence-electron chi connectivity index (χ3n) is 3.01. The SMILES string of the molecule is Cc1cc(OCc2ccccc2)ccc1C(=O)OC(C)C. The lowest BCUT2D eigenvalue weighted by Crippen LogP contribution is -2.12. The molecule has 0 aliphatic rings. The third-order valence-corrected chi connectivity index (χ3v) is 3.01. The number of ether oxygens (including phenoxy) is 2. The summed E-state index contributed by atoms with van der Waals surface area (Å²) in [6.07, 6.45) is -0.120. The maximum atomic E-state index is 11.9. The minimum absolute atomic E-state index is 0.120. The van der Waals surface area contributed by atoms with Gasteiger partial charge in [-0.3, -0.25) is 0 Å². The molecule has 0 N–H and O–H groups in total. The number of hydrogen-bond acceptors (Lipinski definition) is 3. The summed E-state index contributed by atoms with van der Waals surface area (Å²) in [6, 6.07) is 15.4. The number of hydrogen-bond donors (Lipinski definition) is 0. The van der Waals surface area contributed by atoms with Gasteiger partial charge in [-0.05, 0) is 50.1 Å². The molecule has 3 nitrogen and oxygen atoms in total. The van der Waals surface area contributed by atoms with Crippen molar-refractivity contribution in [3.8, 4) is 5.75 Å². The predicted octanol–water partition coefficient (Wildman–Crippen LogP) is 4.14. The van der Waals surface area contributed by atoms with E-state index in [2.05, 4.69) is 0 Å². The van der Waals surface area contributed by atoms with Crippen LogP contribution in [-0.4, -0.2) is 12.1 Å². The fraction of sp³-hybridized carbons (Fsp3) is 0.278. The Morgan fingerprint density at radius 1 is 1.10 bits per heavy atom. The third kappa shape index (κ3) is 4.35. The molecule has 0 amide bonds. The van der Waals surface area contributed by atoms with Gasteiger partial charge in [0.25, 0.3) is 0 Å². The van der Waals surface area contributed by atoms with Crippen LogP contribution in [0.4, 0.5) is 0 Å². The van der Waals surface area contributed by atoms with Crippen molar-refractivity contribution in [2.75, 3.05) is 0 Å². The molecule has 3 heteroatoms. The zero-order valence-electron chi connectivity index (χ0n) is 12.6. The Labute approximate surface area is 125 Å². The first-order chi connectivity index (χ1) is 10.1. The Balaban J connectivity index is 2.03. The van der Waals surface area contributed by atoms with Crippen molar-refractivity contribution in [1.29, 1.82) is 0 Å². The molecule has 2 aromatic carbocycles. The lowest BCUT2D eigenvalue weighted by Gasteiger charge is -2.12. The maximum absolute atomic E-state index is 11.9. The highest BCUT2D eigenvalue weighted by Crippen LogP contribution is 2.19. The van der Waals surface area contributed by atoms with E-state index < -0.39 is 0 Å². The van der Waals surface area contributed by atoms with Crippen molar-refractivity contribution in [3.05, 3.63) is 65.2 Å². The number of esters is 1. The fourth-order valence-corrected chi connectivity index (χ4v) is 1.97. The molecular formula is C18H20O3. The molecule has 0 fully saturated rings. The molecule has 0 aliphatic carbocycles. The number of carbonyl (C=O) groups is 1. The van der Waals surface area contributed by atoms with Gasteiger partial charge in [0.15, 0.2) is 0 Å². The summed E-state index contributed by atoms with van der Waals surface area (Å²) < 4.78 is 10.9. The number of rotatable bonds is 5. The molecule has 0 heterocycles. The van der Waals surface area contributed by atoms with Crippen LogP contribution in [0.1, 0.15) is 35.3 Å². The topological polar surface area (TPSA) is 35.5 Å². The lowest BCUT2D eigenvalue weighted by atomic mass is 10.1. The normalized spacial score (nSPS) is 10.5. The van der Waals surface area contributed by atoms with Gasteiger partial charge in [0.2, 0.25) is 0 Å². The molecule has 110 valence electrons. The van der Waals surface area contributed by atoms with Crippen LogP contribution in [0.2, 0.25) is 0 Å². The Morgan fingerprint density at radius 2 is 1.81 bits per heavy atom. The smallest absolute Gasteiger partial charge is 0.338 e. The molecule has 0 saturated heterocycles. The predicted molar refractivity (Wildman–Crippen MR) is 82.5 cm³/mol. The first kappa shape index (κ1) is 15.1. The van der Waals surface area contributed by atoms with Crippen LogP contribution in [0, 0.1) is 6.92 Å². The average molecular weight is 284 g/mol. The van der Waals surface area contributed by atoms with Gasteiger partial charge in [-0.25, -0.2) is 4.79 Å². The first-order valence-electron chi connectivity index (χ1n) is 7.04. The van der Waals surface area contributed by atoms with Gasteiger partial charge in [0.05, 0.1) is 11.7 Å². The van der Waals surface area contributed by atoms with Crippen LogP contribution in [0.3, 0.4) is 0 Å². The highest BCUT2D eigenvalue weighted by Gasteiger charge is 2.12. The van der Waals surface area contributed by atoms with E-state index in [9.17, 15) is 4.79 Å². The average Bonchev–Trinajstić information content (AvgIpc) is 2.45. The van der Waals surface area contributed by atoms with Gasteiger partial charge >= 0.3 is 5.97 Å². The molecule has 0 saturated carbocycles. The monoisotopic (exact) mass is 284 g/mol. The van der Waals surface area contributed by atoms with E-state index in [0.717, 1.165) is 16.9 Å². The van der Waals surface area contributed by atoms with Crippen molar-refractivity contribution in [1.82, 2.24) is 0 Å². The van der Waals surface area contributed by atoms with Gasteiger partial charge < -0.3 is 9.47 Å². The Morgan fingerprint density at radius 3 is 2.43 bits per heavy atom. The van der Waals surface area contributed by atoms with Crippen LogP contribution in [0.15, 0.2) is 48.5 Å². The summed E-state index contributed by atoms with van der Waals surface area (Å²) >= 11 is 0. The molecule has 0 spiro atoms. The summed E-state index contributed by atoms with van der Waals surface area (Å²) in [5.41, 5.74) is 2.54. The van der Waals surface area contributed by atoms with E-state index in [1.807, 2.05) is 57.2 Å². The molecular weight excluding hydrogens is 264 g/mol. The fourth-order valence-electron chi connectivity index (χ4n) is 1.97. The maximum Gasteiger partial charge on any atom is 0.338 e. The number of carbonyl (C=O) groups excluding carboxylic acids is 1. The van der Waals surface area contributed by atoms with E-state index in [0.29, 0.717) is 12.2 Å². The Kier molecular flexibility index (Phi) is 4.99. The van der Waals surface area contributed by atoms with Crippen molar-refractivity contribution in [2.45, 2.75) is 33.5 Å². The minimum atomic E-state index is -0.294. The van der Waals surface area contributed by atoms with E-state index in [1.54, 1.807) is 12.1 Å². The van der Waals surface area contributed by atoms with Crippen LogP contribution in [0.5, 0.6) is 5.75 Å². The molecule has 2 aromatic rings. The van der Waals surface area contributed by atoms with Crippen molar-refractivity contribution >= 4 is 5.97 Å². The lowest BCUT2D eigenvalue weighted by molar-refractivity contribution is 0.0377. The quantitative estimate of drug-likeness (QED) is 0.774. The highest BCUT2D eigenvalue weighted by molar-refractivity contribution is 5.91. The summed E-state index contributed by atoms with van der Waals surface area (Å²) in [5.74, 6) is 0.453. The highest BCUT2D eigenvalue weighted by atomic mass is 16.5. The summed E-state index contributed by atoms with van der Waals surface area (Å²) in [6.45, 7) is 6.07.